The molecular weight excluding hydrogens is 257 g/mol. The standard InChI is InChI=1S/C11H10NO5P/c13-12(14)11-6-5-8(7-18(15,16)17)9-3-1-2-4-10(9)11/h1-6H,7H2,(H2-,13,14,15,16,17). The van der Waals surface area contributed by atoms with E-state index in [9.17, 15) is 14.4 Å². The van der Waals surface area contributed by atoms with E-state index < -0.39 is 13.8 Å². The molecule has 0 aromatic heterocycles. The highest BCUT2D eigenvalue weighted by Crippen LogP contribution is 2.38. The van der Waals surface area contributed by atoms with E-state index >= 15 is 0 Å². The van der Waals surface area contributed by atoms with Gasteiger partial charge in [0.2, 0.25) is 0 Å². The molecule has 6 nitrogen and oxygen atoms in total. The van der Waals surface area contributed by atoms with Gasteiger partial charge in [-0.3, -0.25) is 0 Å². The van der Waals surface area contributed by atoms with E-state index in [1.54, 1.807) is 24.3 Å². The van der Waals surface area contributed by atoms with Crippen molar-refractivity contribution >= 4 is 24.1 Å². The normalized spacial score (nSPS) is 14.3. The first-order chi connectivity index (χ1) is 8.38. The topological polar surface area (TPSA) is 101 Å². The van der Waals surface area contributed by atoms with E-state index in [4.69, 9.17) is 10.1 Å². The second kappa shape index (κ2) is 4.49. The zero-order chi connectivity index (χ0) is 13.3. The van der Waals surface area contributed by atoms with Crippen LogP contribution in [-0.2, 0) is 10.7 Å². The van der Waals surface area contributed by atoms with Gasteiger partial charge in [-0.05, 0) is 17.0 Å². The minimum Gasteiger partial charge on any atom is -0.778 e. The molecule has 2 N–H and O–H groups in total. The monoisotopic (exact) mass is 267 g/mol. The van der Waals surface area contributed by atoms with Gasteiger partial charge in [0.15, 0.2) is 0 Å². The maximum atomic E-state index is 11.0. The van der Waals surface area contributed by atoms with Gasteiger partial charge in [0, 0.05) is 12.2 Å². The Hall–Kier alpha value is -1.75. The molecule has 0 bridgehead atoms. The molecule has 2 rings (SSSR count). The number of benzene rings is 2. The fourth-order valence-corrected chi connectivity index (χ4v) is 2.57. The van der Waals surface area contributed by atoms with Crippen LogP contribution in [0.5, 0.6) is 0 Å². The molecule has 0 saturated carbocycles. The molecule has 7 heteroatoms. The van der Waals surface area contributed by atoms with Crippen LogP contribution < -0.4 is 4.89 Å². The lowest BCUT2D eigenvalue weighted by atomic mass is 10.0. The highest BCUT2D eigenvalue weighted by Gasteiger charge is 2.19. The van der Waals surface area contributed by atoms with Crippen molar-refractivity contribution in [3.63, 3.8) is 0 Å². The average molecular weight is 267 g/mol. The van der Waals surface area contributed by atoms with Gasteiger partial charge in [-0.25, -0.2) is 5.21 Å². The molecule has 0 aliphatic heterocycles. The van der Waals surface area contributed by atoms with Gasteiger partial charge in [0.1, 0.15) is 7.60 Å². The second-order valence-corrected chi connectivity index (χ2v) is 5.45. The molecule has 0 saturated heterocycles. The number of nitrogens with zero attached hydrogens (tertiary/aromatic N) is 1. The summed E-state index contributed by atoms with van der Waals surface area (Å²) in [4.78, 5) is 30.5. The van der Waals surface area contributed by atoms with Crippen molar-refractivity contribution in [3.8, 4) is 0 Å². The van der Waals surface area contributed by atoms with Gasteiger partial charge < -0.3 is 14.4 Å². The zero-order valence-electron chi connectivity index (χ0n) is 9.18. The van der Waals surface area contributed by atoms with Crippen molar-refractivity contribution in [2.75, 3.05) is 0 Å². The van der Waals surface area contributed by atoms with Crippen LogP contribution in [0.4, 0.5) is 5.69 Å². The van der Waals surface area contributed by atoms with E-state index in [-0.39, 0.29) is 10.6 Å². The van der Waals surface area contributed by atoms with Crippen molar-refractivity contribution in [1.82, 2.24) is 0 Å². The van der Waals surface area contributed by atoms with Crippen LogP contribution in [0, 0.1) is 4.91 Å². The van der Waals surface area contributed by atoms with E-state index in [1.165, 1.54) is 12.1 Å². The third kappa shape index (κ3) is 2.56. The van der Waals surface area contributed by atoms with Gasteiger partial charge in [0.25, 0.3) is 4.92 Å². The number of rotatable bonds is 3. The molecule has 0 spiro atoms. The van der Waals surface area contributed by atoms with Gasteiger partial charge in [-0.2, -0.15) is 0 Å². The zero-order valence-corrected chi connectivity index (χ0v) is 10.1. The molecule has 0 radical (unpaired) electrons. The van der Waals surface area contributed by atoms with Crippen molar-refractivity contribution in [2.24, 2.45) is 0 Å². The summed E-state index contributed by atoms with van der Waals surface area (Å²) in [6.45, 7) is 0. The Morgan fingerprint density at radius 1 is 1.17 bits per heavy atom. The second-order valence-electron chi connectivity index (χ2n) is 3.86. The maximum absolute atomic E-state index is 11.0. The SMILES string of the molecule is O=[N+](O)c1ccc(CP(=O)([O-])O)c2ccccc12. The largest absolute Gasteiger partial charge is 0.778 e. The highest BCUT2D eigenvalue weighted by molar-refractivity contribution is 7.49. The Kier molecular flexibility index (Phi) is 3.17. The molecule has 0 amide bonds. The lowest BCUT2D eigenvalue weighted by Crippen LogP contribution is -2.03. The third-order valence-electron chi connectivity index (χ3n) is 2.57. The van der Waals surface area contributed by atoms with Crippen LogP contribution in [0.15, 0.2) is 36.4 Å². The lowest BCUT2D eigenvalue weighted by Gasteiger charge is -2.16. The summed E-state index contributed by atoms with van der Waals surface area (Å²) in [5, 5.41) is 9.87. The molecular formula is C11H10NO5P. The Morgan fingerprint density at radius 2 is 1.78 bits per heavy atom. The molecule has 94 valence electrons. The van der Waals surface area contributed by atoms with Crippen molar-refractivity contribution in [3.05, 3.63) is 46.9 Å². The van der Waals surface area contributed by atoms with Crippen molar-refractivity contribution in [1.29, 1.82) is 0 Å². The molecule has 2 aromatic rings. The van der Waals surface area contributed by atoms with Crippen LogP contribution in [0.25, 0.3) is 10.8 Å². The Morgan fingerprint density at radius 3 is 2.33 bits per heavy atom. The maximum Gasteiger partial charge on any atom is 0.324 e. The predicted octanol–water partition coefficient (Wildman–Crippen LogP) is 1.69. The summed E-state index contributed by atoms with van der Waals surface area (Å²) in [5.41, 5.74) is 0.394. The molecule has 2 aromatic carbocycles. The first kappa shape index (κ1) is 12.7. The van der Waals surface area contributed by atoms with Crippen LogP contribution in [-0.4, -0.2) is 15.0 Å². The molecule has 0 fully saturated rings. The van der Waals surface area contributed by atoms with Gasteiger partial charge in [-0.1, -0.05) is 24.3 Å². The molecule has 18 heavy (non-hydrogen) atoms. The first-order valence-corrected chi connectivity index (χ1v) is 6.84. The Balaban J connectivity index is 2.68. The summed E-state index contributed by atoms with van der Waals surface area (Å²) in [7, 11) is -4.44. The minimum absolute atomic E-state index is 0.0213. The summed E-state index contributed by atoms with van der Waals surface area (Å²) in [6, 6.07) is 9.24. The number of fused-ring (bicyclic) bond motifs is 1. The average Bonchev–Trinajstić information content (AvgIpc) is 2.27. The van der Waals surface area contributed by atoms with Crippen LogP contribution in [0.2, 0.25) is 0 Å². The molecule has 1 atom stereocenters. The third-order valence-corrected chi connectivity index (χ3v) is 3.31. The summed E-state index contributed by atoms with van der Waals surface area (Å²) in [5.74, 6) is 0. The van der Waals surface area contributed by atoms with Crippen molar-refractivity contribution < 1.29 is 24.5 Å². The molecule has 0 aliphatic carbocycles. The Bertz CT molecular complexity index is 664. The minimum atomic E-state index is -4.44. The van der Waals surface area contributed by atoms with E-state index in [1.807, 2.05) is 0 Å². The summed E-state index contributed by atoms with van der Waals surface area (Å²) in [6.07, 6.45) is -0.516. The number of hydrogen-bond donors (Lipinski definition) is 2. The van der Waals surface area contributed by atoms with Gasteiger partial charge in [0.05, 0.1) is 10.3 Å². The van der Waals surface area contributed by atoms with Crippen LogP contribution >= 0.6 is 7.60 Å². The predicted molar refractivity (Wildman–Crippen MR) is 62.6 cm³/mol. The highest BCUT2D eigenvalue weighted by atomic mass is 31.2. The smallest absolute Gasteiger partial charge is 0.324 e. The molecule has 1 unspecified atom stereocenters. The summed E-state index contributed by atoms with van der Waals surface area (Å²) >= 11 is 0. The molecule has 0 heterocycles. The quantitative estimate of drug-likeness (QED) is 0.650. The molecule has 0 aliphatic rings. The van der Waals surface area contributed by atoms with Gasteiger partial charge in [-0.15, -0.1) is 0 Å². The first-order valence-electron chi connectivity index (χ1n) is 5.08. The van der Waals surface area contributed by atoms with E-state index in [0.717, 1.165) is 0 Å². The lowest BCUT2D eigenvalue weighted by molar-refractivity contribution is -0.728. The van der Waals surface area contributed by atoms with E-state index in [0.29, 0.717) is 16.3 Å². The number of hydrogen-bond acceptors (Lipinski definition) is 3. The van der Waals surface area contributed by atoms with E-state index in [2.05, 4.69) is 0 Å². The Labute approximate surface area is 102 Å². The van der Waals surface area contributed by atoms with Crippen LogP contribution in [0.3, 0.4) is 0 Å². The van der Waals surface area contributed by atoms with Crippen LogP contribution in [0.1, 0.15) is 5.56 Å². The van der Waals surface area contributed by atoms with Crippen molar-refractivity contribution in [2.45, 2.75) is 6.16 Å². The summed E-state index contributed by atoms with van der Waals surface area (Å²) < 4.78 is 10.9. The van der Waals surface area contributed by atoms with Gasteiger partial charge >= 0.3 is 5.69 Å². The fraction of sp³-hybridized carbons (Fsp3) is 0.0909. The fourth-order valence-electron chi connectivity index (χ4n) is 1.87.